The summed E-state index contributed by atoms with van der Waals surface area (Å²) in [6.45, 7) is 8.76. The zero-order valence-electron chi connectivity index (χ0n) is 24.4. The van der Waals surface area contributed by atoms with Gasteiger partial charge in [-0.2, -0.15) is 0 Å². The van der Waals surface area contributed by atoms with Crippen LogP contribution in [0.2, 0.25) is 0 Å². The van der Waals surface area contributed by atoms with Crippen LogP contribution in [0.4, 0.5) is 5.69 Å². The van der Waals surface area contributed by atoms with E-state index in [1.54, 1.807) is 24.3 Å². The molecule has 42 heavy (non-hydrogen) atoms. The Balaban J connectivity index is 1.46. The second-order valence-electron chi connectivity index (χ2n) is 10.4. The molecule has 1 heterocycles. The zero-order valence-corrected chi connectivity index (χ0v) is 24.4. The van der Waals surface area contributed by atoms with Crippen molar-refractivity contribution < 1.29 is 19.1 Å². The highest BCUT2D eigenvalue weighted by molar-refractivity contribution is 6.15. The van der Waals surface area contributed by atoms with E-state index < -0.39 is 0 Å². The topological polar surface area (TPSA) is 77.5 Å². The van der Waals surface area contributed by atoms with E-state index in [-0.39, 0.29) is 11.9 Å². The van der Waals surface area contributed by atoms with E-state index >= 15 is 0 Å². The lowest BCUT2D eigenvalue weighted by Crippen LogP contribution is -2.16. The summed E-state index contributed by atoms with van der Waals surface area (Å²) in [6.07, 6.45) is 0.756. The van der Waals surface area contributed by atoms with Gasteiger partial charge in [-0.1, -0.05) is 48.9 Å². The molecule has 5 rings (SSSR count). The number of carbonyl (C=O) groups is 2. The van der Waals surface area contributed by atoms with Gasteiger partial charge in [-0.3, -0.25) is 4.79 Å². The first-order chi connectivity index (χ1) is 20.3. The second kappa shape index (κ2) is 12.7. The van der Waals surface area contributed by atoms with E-state index in [4.69, 9.17) is 14.5 Å². The number of amides is 1. The van der Waals surface area contributed by atoms with E-state index in [9.17, 15) is 9.59 Å². The van der Waals surface area contributed by atoms with Crippen molar-refractivity contribution in [3.05, 3.63) is 124 Å². The molecule has 0 fully saturated rings. The molecular formula is C36H34N2O4. The fraction of sp³-hybridized carbons (Fsp3) is 0.194. The number of nitrogens with one attached hydrogen (secondary N) is 1. The fourth-order valence-electron chi connectivity index (χ4n) is 5.00. The van der Waals surface area contributed by atoms with Gasteiger partial charge in [-0.05, 0) is 98.5 Å². The molecule has 0 aliphatic rings. The maximum absolute atomic E-state index is 13.8. The van der Waals surface area contributed by atoms with Gasteiger partial charge < -0.3 is 14.8 Å². The molecule has 212 valence electrons. The van der Waals surface area contributed by atoms with Crippen molar-refractivity contribution in [1.82, 2.24) is 4.98 Å². The van der Waals surface area contributed by atoms with Crippen LogP contribution in [0.1, 0.15) is 56.3 Å². The minimum absolute atomic E-state index is 0.240. The molecule has 0 atom stereocenters. The number of nitrogens with zero attached hydrogens (tertiary/aromatic N) is 1. The van der Waals surface area contributed by atoms with Gasteiger partial charge in [0.2, 0.25) is 0 Å². The molecule has 1 amide bonds. The monoisotopic (exact) mass is 558 g/mol. The van der Waals surface area contributed by atoms with E-state index in [2.05, 4.69) is 11.4 Å². The molecule has 0 aliphatic heterocycles. The van der Waals surface area contributed by atoms with E-state index in [1.165, 1.54) is 0 Å². The lowest BCUT2D eigenvalue weighted by Gasteiger charge is -2.17. The summed E-state index contributed by atoms with van der Waals surface area (Å²) >= 11 is 0. The third-order valence-electron chi connectivity index (χ3n) is 7.09. The molecule has 0 spiro atoms. The average molecular weight is 559 g/mol. The number of rotatable bonds is 9. The Kier molecular flexibility index (Phi) is 8.63. The first-order valence-corrected chi connectivity index (χ1v) is 14.1. The van der Waals surface area contributed by atoms with Crippen LogP contribution in [0, 0.1) is 20.8 Å². The highest BCUT2D eigenvalue weighted by atomic mass is 16.5. The van der Waals surface area contributed by atoms with Crippen LogP contribution in [0.25, 0.3) is 22.2 Å². The number of ether oxygens (including phenoxy) is 2. The first kappa shape index (κ1) is 28.6. The summed E-state index contributed by atoms with van der Waals surface area (Å²) in [6, 6.07) is 28.7. The summed E-state index contributed by atoms with van der Waals surface area (Å²) in [5, 5.41) is 3.82. The quantitative estimate of drug-likeness (QED) is 0.184. The number of anilines is 1. The first-order valence-electron chi connectivity index (χ1n) is 14.1. The molecule has 1 aromatic heterocycles. The standard InChI is InChI=1S/C36H34N2O4/c1-5-19-41-36(40)28-11-15-29(16-12-28)37-35(39)32-25(4)34(38-33-24(3)20-23(2)21-31(32)33)27-13-17-30(18-14-27)42-22-26-9-7-6-8-10-26/h6-18,20-21H,5,19,22H2,1-4H3,(H,37,39). The number of pyridine rings is 1. The van der Waals surface area contributed by atoms with Gasteiger partial charge in [0, 0.05) is 16.6 Å². The molecule has 0 radical (unpaired) electrons. The maximum atomic E-state index is 13.8. The Hall–Kier alpha value is -4.97. The molecule has 0 saturated carbocycles. The molecule has 0 saturated heterocycles. The van der Waals surface area contributed by atoms with Gasteiger partial charge in [0.1, 0.15) is 12.4 Å². The van der Waals surface area contributed by atoms with E-state index in [0.29, 0.717) is 30.0 Å². The number of esters is 1. The minimum atomic E-state index is -0.377. The summed E-state index contributed by atoms with van der Waals surface area (Å²) in [7, 11) is 0. The van der Waals surface area contributed by atoms with Crippen LogP contribution in [-0.4, -0.2) is 23.5 Å². The lowest BCUT2D eigenvalue weighted by atomic mass is 9.94. The predicted octanol–water partition coefficient (Wildman–Crippen LogP) is 8.23. The van der Waals surface area contributed by atoms with Crippen LogP contribution in [0.15, 0.2) is 91.0 Å². The van der Waals surface area contributed by atoms with Gasteiger partial charge in [0.15, 0.2) is 0 Å². The van der Waals surface area contributed by atoms with Gasteiger partial charge in [0.25, 0.3) is 5.91 Å². The molecular weight excluding hydrogens is 524 g/mol. The summed E-state index contributed by atoms with van der Waals surface area (Å²) in [5.74, 6) is 0.140. The van der Waals surface area contributed by atoms with Gasteiger partial charge in [-0.15, -0.1) is 0 Å². The third kappa shape index (κ3) is 6.33. The van der Waals surface area contributed by atoms with Crippen molar-refractivity contribution in [2.24, 2.45) is 0 Å². The zero-order chi connectivity index (χ0) is 29.6. The van der Waals surface area contributed by atoms with Crippen LogP contribution < -0.4 is 10.1 Å². The summed E-state index contributed by atoms with van der Waals surface area (Å²) in [4.78, 5) is 31.1. The largest absolute Gasteiger partial charge is 0.489 e. The maximum Gasteiger partial charge on any atom is 0.338 e. The number of fused-ring (bicyclic) bond motifs is 1. The molecule has 0 aliphatic carbocycles. The average Bonchev–Trinajstić information content (AvgIpc) is 2.99. The molecule has 0 bridgehead atoms. The molecule has 6 nitrogen and oxygen atoms in total. The van der Waals surface area contributed by atoms with Crippen LogP contribution in [-0.2, 0) is 11.3 Å². The highest BCUT2D eigenvalue weighted by Crippen LogP contribution is 2.33. The van der Waals surface area contributed by atoms with E-state index in [0.717, 1.165) is 56.6 Å². The molecule has 4 aromatic carbocycles. The van der Waals surface area contributed by atoms with Crippen LogP contribution >= 0.6 is 0 Å². The van der Waals surface area contributed by atoms with Crippen molar-refractivity contribution in [3.8, 4) is 17.0 Å². The predicted molar refractivity (Wildman–Crippen MR) is 167 cm³/mol. The summed E-state index contributed by atoms with van der Waals surface area (Å²) in [5.41, 5.74) is 7.94. The Morgan fingerprint density at radius 2 is 1.57 bits per heavy atom. The Morgan fingerprint density at radius 3 is 2.26 bits per heavy atom. The summed E-state index contributed by atoms with van der Waals surface area (Å²) < 4.78 is 11.2. The fourth-order valence-corrected chi connectivity index (χ4v) is 5.00. The van der Waals surface area contributed by atoms with Crippen molar-refractivity contribution in [3.63, 3.8) is 0 Å². The normalized spacial score (nSPS) is 10.9. The lowest BCUT2D eigenvalue weighted by molar-refractivity contribution is 0.0505. The number of benzene rings is 4. The van der Waals surface area contributed by atoms with Crippen molar-refractivity contribution in [2.45, 2.75) is 40.7 Å². The highest BCUT2D eigenvalue weighted by Gasteiger charge is 2.21. The Labute approximate surface area is 246 Å². The van der Waals surface area contributed by atoms with Crippen LogP contribution in [0.3, 0.4) is 0 Å². The Bertz CT molecular complexity index is 1730. The van der Waals surface area contributed by atoms with Crippen molar-refractivity contribution >= 4 is 28.5 Å². The molecule has 5 aromatic rings. The second-order valence-corrected chi connectivity index (χ2v) is 10.4. The molecule has 0 unspecified atom stereocenters. The SMILES string of the molecule is CCCOC(=O)c1ccc(NC(=O)c2c(C)c(-c3ccc(OCc4ccccc4)cc3)nc3c(C)cc(C)cc23)cc1. The number of hydrogen-bond donors (Lipinski definition) is 1. The Morgan fingerprint density at radius 1 is 0.857 bits per heavy atom. The number of hydrogen-bond acceptors (Lipinski definition) is 5. The number of aryl methyl sites for hydroxylation is 2. The van der Waals surface area contributed by atoms with Crippen LogP contribution in [0.5, 0.6) is 5.75 Å². The van der Waals surface area contributed by atoms with Gasteiger partial charge in [0.05, 0.1) is 28.9 Å². The minimum Gasteiger partial charge on any atom is -0.489 e. The van der Waals surface area contributed by atoms with Crippen molar-refractivity contribution in [1.29, 1.82) is 0 Å². The van der Waals surface area contributed by atoms with Crippen molar-refractivity contribution in [2.75, 3.05) is 11.9 Å². The van der Waals surface area contributed by atoms with Gasteiger partial charge >= 0.3 is 5.97 Å². The van der Waals surface area contributed by atoms with E-state index in [1.807, 2.05) is 88.4 Å². The molecule has 6 heteroatoms. The smallest absolute Gasteiger partial charge is 0.338 e. The third-order valence-corrected chi connectivity index (χ3v) is 7.09. The van der Waals surface area contributed by atoms with Gasteiger partial charge in [-0.25, -0.2) is 9.78 Å². The number of carbonyl (C=O) groups excluding carboxylic acids is 2. The molecule has 1 N–H and O–H groups in total. The number of aromatic nitrogens is 1.